The number of rotatable bonds is 4. The van der Waals surface area contributed by atoms with E-state index in [4.69, 9.17) is 0 Å². The highest BCUT2D eigenvalue weighted by atomic mass is 16.2. The van der Waals surface area contributed by atoms with Crippen LogP contribution in [0.3, 0.4) is 0 Å². The zero-order chi connectivity index (χ0) is 19.3. The van der Waals surface area contributed by atoms with E-state index >= 15 is 0 Å². The number of carbonyl (C=O) groups excluding carboxylic acids is 1. The van der Waals surface area contributed by atoms with Gasteiger partial charge in [-0.2, -0.15) is 0 Å². The number of urea groups is 1. The Hall–Kier alpha value is -2.41. The summed E-state index contributed by atoms with van der Waals surface area (Å²) in [6, 6.07) is 8.65. The summed E-state index contributed by atoms with van der Waals surface area (Å²) in [5, 5.41) is 11.6. The Morgan fingerprint density at radius 2 is 1.93 bits per heavy atom. The van der Waals surface area contributed by atoms with Gasteiger partial charge in [0.2, 0.25) is 0 Å². The fourth-order valence-corrected chi connectivity index (χ4v) is 4.12. The van der Waals surface area contributed by atoms with E-state index in [1.54, 1.807) is 0 Å². The lowest BCUT2D eigenvalue weighted by Gasteiger charge is -2.34. The van der Waals surface area contributed by atoms with E-state index in [9.17, 15) is 4.79 Å². The predicted molar refractivity (Wildman–Crippen MR) is 108 cm³/mol. The molecule has 2 amide bonds. The molecule has 7 heteroatoms. The van der Waals surface area contributed by atoms with Crippen LogP contribution in [0.25, 0.3) is 0 Å². The van der Waals surface area contributed by atoms with Crippen molar-refractivity contribution in [3.63, 3.8) is 0 Å². The van der Waals surface area contributed by atoms with Gasteiger partial charge in [0.05, 0.1) is 6.54 Å². The first-order chi connectivity index (χ1) is 13.7. The largest absolute Gasteiger partial charge is 0.331 e. The highest BCUT2D eigenvalue weighted by Crippen LogP contribution is 2.14. The summed E-state index contributed by atoms with van der Waals surface area (Å²) >= 11 is 0. The highest BCUT2D eigenvalue weighted by molar-refractivity contribution is 5.74. The van der Waals surface area contributed by atoms with Crippen molar-refractivity contribution in [2.75, 3.05) is 26.2 Å². The second-order valence-electron chi connectivity index (χ2n) is 7.91. The smallest absolute Gasteiger partial charge is 0.317 e. The summed E-state index contributed by atoms with van der Waals surface area (Å²) in [7, 11) is 0. The zero-order valence-corrected chi connectivity index (χ0v) is 16.7. The number of nitrogens with zero attached hydrogens (tertiary/aromatic N) is 5. The van der Waals surface area contributed by atoms with Gasteiger partial charge in [-0.3, -0.25) is 4.90 Å². The first-order valence-electron chi connectivity index (χ1n) is 10.4. The molecule has 150 valence electrons. The number of benzene rings is 1. The zero-order valence-electron chi connectivity index (χ0n) is 16.7. The monoisotopic (exact) mass is 382 g/mol. The number of amides is 2. The molecule has 1 aromatic heterocycles. The first-order valence-corrected chi connectivity index (χ1v) is 10.4. The van der Waals surface area contributed by atoms with Crippen molar-refractivity contribution in [1.29, 1.82) is 0 Å². The van der Waals surface area contributed by atoms with Crippen LogP contribution in [0, 0.1) is 6.92 Å². The molecule has 1 saturated heterocycles. The molecule has 0 unspecified atom stereocenters. The number of aromatic nitrogens is 3. The van der Waals surface area contributed by atoms with E-state index in [-0.39, 0.29) is 6.03 Å². The van der Waals surface area contributed by atoms with E-state index in [1.807, 2.05) is 4.90 Å². The Morgan fingerprint density at radius 1 is 1.07 bits per heavy atom. The maximum absolute atomic E-state index is 12.6. The molecule has 0 aliphatic carbocycles. The van der Waals surface area contributed by atoms with Gasteiger partial charge in [-0.15, -0.1) is 10.2 Å². The van der Waals surface area contributed by atoms with Crippen molar-refractivity contribution >= 4 is 6.03 Å². The Morgan fingerprint density at radius 3 is 2.75 bits per heavy atom. The average Bonchev–Trinajstić information content (AvgIpc) is 2.93. The van der Waals surface area contributed by atoms with Gasteiger partial charge in [0.1, 0.15) is 5.82 Å². The molecular weight excluding hydrogens is 352 g/mol. The normalized spacial score (nSPS) is 17.8. The molecule has 2 aliphatic heterocycles. The van der Waals surface area contributed by atoms with Gasteiger partial charge in [0.15, 0.2) is 5.82 Å². The number of carbonyl (C=O) groups is 1. The number of hydrogen-bond acceptors (Lipinski definition) is 4. The Labute approximate surface area is 166 Å². The standard InChI is InChI=1S/C21H30N6O/c1-17-6-5-7-18(14-17)16-25-10-12-26(13-11-25)21(28)22-15-20-24-23-19-8-3-2-4-9-27(19)20/h5-7,14H,2-4,8-13,15-16H2,1H3,(H,22,28). The van der Waals surface area contributed by atoms with Crippen LogP contribution in [0.15, 0.2) is 24.3 Å². The summed E-state index contributed by atoms with van der Waals surface area (Å²) < 4.78 is 2.19. The molecule has 0 spiro atoms. The van der Waals surface area contributed by atoms with Crippen LogP contribution in [-0.4, -0.2) is 56.8 Å². The highest BCUT2D eigenvalue weighted by Gasteiger charge is 2.22. The van der Waals surface area contributed by atoms with E-state index in [0.717, 1.165) is 63.8 Å². The lowest BCUT2D eigenvalue weighted by molar-refractivity contribution is 0.135. The minimum absolute atomic E-state index is 0.00109. The third-order valence-electron chi connectivity index (χ3n) is 5.73. The molecule has 7 nitrogen and oxygen atoms in total. The van der Waals surface area contributed by atoms with Crippen LogP contribution in [0.4, 0.5) is 4.79 Å². The lowest BCUT2D eigenvalue weighted by atomic mass is 10.1. The molecular formula is C21H30N6O. The molecule has 3 heterocycles. The quantitative estimate of drug-likeness (QED) is 0.881. The third kappa shape index (κ3) is 4.52. The fourth-order valence-electron chi connectivity index (χ4n) is 4.12. The van der Waals surface area contributed by atoms with Crippen molar-refractivity contribution in [2.45, 2.75) is 52.2 Å². The summed E-state index contributed by atoms with van der Waals surface area (Å²) in [5.74, 6) is 1.94. The summed E-state index contributed by atoms with van der Waals surface area (Å²) in [6.07, 6.45) is 4.57. The number of piperazine rings is 1. The van der Waals surface area contributed by atoms with E-state index in [1.165, 1.54) is 24.0 Å². The second-order valence-corrected chi connectivity index (χ2v) is 7.91. The average molecular weight is 383 g/mol. The van der Waals surface area contributed by atoms with Gasteiger partial charge in [-0.05, 0) is 25.3 Å². The molecule has 2 aromatic rings. The van der Waals surface area contributed by atoms with Gasteiger partial charge in [-0.25, -0.2) is 4.79 Å². The maximum Gasteiger partial charge on any atom is 0.317 e. The van der Waals surface area contributed by atoms with Gasteiger partial charge in [0, 0.05) is 45.7 Å². The summed E-state index contributed by atoms with van der Waals surface area (Å²) in [4.78, 5) is 16.9. The van der Waals surface area contributed by atoms with Crippen molar-refractivity contribution in [3.05, 3.63) is 47.0 Å². The third-order valence-corrected chi connectivity index (χ3v) is 5.73. The minimum Gasteiger partial charge on any atom is -0.331 e. The number of nitrogens with one attached hydrogen (secondary N) is 1. The molecule has 0 bridgehead atoms. The molecule has 4 rings (SSSR count). The summed E-state index contributed by atoms with van der Waals surface area (Å²) in [5.41, 5.74) is 2.63. The molecule has 0 radical (unpaired) electrons. The molecule has 0 saturated carbocycles. The van der Waals surface area contributed by atoms with E-state index in [2.05, 4.69) is 56.2 Å². The van der Waals surface area contributed by atoms with Crippen LogP contribution < -0.4 is 5.32 Å². The van der Waals surface area contributed by atoms with Crippen LogP contribution in [0.2, 0.25) is 0 Å². The van der Waals surface area contributed by atoms with Crippen molar-refractivity contribution in [2.24, 2.45) is 0 Å². The molecule has 28 heavy (non-hydrogen) atoms. The van der Waals surface area contributed by atoms with Crippen LogP contribution in [0.5, 0.6) is 0 Å². The predicted octanol–water partition coefficient (Wildman–Crippen LogP) is 2.34. The van der Waals surface area contributed by atoms with Gasteiger partial charge >= 0.3 is 6.03 Å². The molecule has 1 N–H and O–H groups in total. The Balaban J connectivity index is 1.25. The number of fused-ring (bicyclic) bond motifs is 1. The molecule has 2 aliphatic rings. The van der Waals surface area contributed by atoms with Crippen LogP contribution in [-0.2, 0) is 26.1 Å². The SMILES string of the molecule is Cc1cccc(CN2CCN(C(=O)NCc3nnc4n3CCCCC4)CC2)c1. The van der Waals surface area contributed by atoms with Crippen molar-refractivity contribution < 1.29 is 4.79 Å². The second kappa shape index (κ2) is 8.73. The molecule has 0 atom stereocenters. The Bertz CT molecular complexity index is 809. The molecule has 1 fully saturated rings. The van der Waals surface area contributed by atoms with Crippen molar-refractivity contribution in [1.82, 2.24) is 29.9 Å². The number of aryl methyl sites for hydroxylation is 2. The van der Waals surface area contributed by atoms with Crippen LogP contribution >= 0.6 is 0 Å². The number of hydrogen-bond donors (Lipinski definition) is 1. The van der Waals surface area contributed by atoms with Crippen molar-refractivity contribution in [3.8, 4) is 0 Å². The topological polar surface area (TPSA) is 66.3 Å². The van der Waals surface area contributed by atoms with Gasteiger partial charge in [-0.1, -0.05) is 36.2 Å². The lowest BCUT2D eigenvalue weighted by Crippen LogP contribution is -2.51. The van der Waals surface area contributed by atoms with Gasteiger partial charge in [0.25, 0.3) is 0 Å². The van der Waals surface area contributed by atoms with E-state index in [0.29, 0.717) is 6.54 Å². The maximum atomic E-state index is 12.6. The molecule has 1 aromatic carbocycles. The minimum atomic E-state index is 0.00109. The summed E-state index contributed by atoms with van der Waals surface area (Å²) in [6.45, 7) is 7.82. The van der Waals surface area contributed by atoms with Crippen LogP contribution in [0.1, 0.15) is 42.0 Å². The van der Waals surface area contributed by atoms with E-state index < -0.39 is 0 Å². The Kier molecular flexibility index (Phi) is 5.90. The van der Waals surface area contributed by atoms with Gasteiger partial charge < -0.3 is 14.8 Å². The fraction of sp³-hybridized carbons (Fsp3) is 0.571. The first kappa shape index (κ1) is 18.9.